The number of amides is 1. The molecule has 23 heavy (non-hydrogen) atoms. The van der Waals surface area contributed by atoms with Crippen LogP contribution in [-0.2, 0) is 4.79 Å². The molecule has 0 spiro atoms. The molecule has 5 nitrogen and oxygen atoms in total. The Labute approximate surface area is 158 Å². The maximum absolute atomic E-state index is 11.7. The van der Waals surface area contributed by atoms with E-state index in [9.17, 15) is 4.79 Å². The zero-order valence-corrected chi connectivity index (χ0v) is 16.4. The normalized spacial score (nSPS) is 10.7. The predicted octanol–water partition coefficient (Wildman–Crippen LogP) is 4.21. The zero-order valence-electron chi connectivity index (χ0n) is 11.6. The van der Waals surface area contributed by atoms with Crippen molar-refractivity contribution in [3.8, 4) is 11.5 Å². The number of carbonyl (C=O) groups is 1. The highest BCUT2D eigenvalue weighted by Gasteiger charge is 2.10. The standard InChI is InChI=1S/C15H11Br3N2O3/c16-10-5-12(17)15(13(18)6-10)23-8-14(22)20-19-7-9-1-3-11(21)4-2-9/h1-7,21H,8H2,(H,20,22)/b19-7-. The van der Waals surface area contributed by atoms with E-state index in [-0.39, 0.29) is 18.3 Å². The Hall–Kier alpha value is -1.38. The molecular formula is C15H11Br3N2O3. The number of phenols is 1. The van der Waals surface area contributed by atoms with Gasteiger partial charge in [-0.15, -0.1) is 0 Å². The van der Waals surface area contributed by atoms with Gasteiger partial charge in [0, 0.05) is 4.47 Å². The molecule has 0 aliphatic heterocycles. The minimum atomic E-state index is -0.387. The molecule has 0 unspecified atom stereocenters. The highest BCUT2D eigenvalue weighted by atomic mass is 79.9. The fraction of sp³-hybridized carbons (Fsp3) is 0.0667. The lowest BCUT2D eigenvalue weighted by Gasteiger charge is -2.09. The first-order chi connectivity index (χ1) is 11.0. The molecule has 0 aliphatic rings. The number of benzene rings is 2. The Kier molecular flexibility index (Phi) is 6.61. The van der Waals surface area contributed by atoms with E-state index in [1.807, 2.05) is 12.1 Å². The number of aromatic hydroxyl groups is 1. The molecule has 0 fully saturated rings. The Morgan fingerprint density at radius 3 is 2.39 bits per heavy atom. The lowest BCUT2D eigenvalue weighted by atomic mass is 10.2. The number of rotatable bonds is 5. The van der Waals surface area contributed by atoms with Gasteiger partial charge in [-0.25, -0.2) is 5.43 Å². The van der Waals surface area contributed by atoms with Crippen molar-refractivity contribution in [1.29, 1.82) is 0 Å². The summed E-state index contributed by atoms with van der Waals surface area (Å²) in [5.41, 5.74) is 3.12. The van der Waals surface area contributed by atoms with Crippen molar-refractivity contribution in [3.05, 3.63) is 55.4 Å². The summed E-state index contributed by atoms with van der Waals surface area (Å²) >= 11 is 10.1. The Morgan fingerprint density at radius 2 is 1.78 bits per heavy atom. The van der Waals surface area contributed by atoms with Crippen LogP contribution in [0.3, 0.4) is 0 Å². The van der Waals surface area contributed by atoms with Crippen LogP contribution < -0.4 is 10.2 Å². The highest BCUT2D eigenvalue weighted by molar-refractivity contribution is 9.11. The molecule has 2 N–H and O–H groups in total. The minimum Gasteiger partial charge on any atom is -0.508 e. The molecular weight excluding hydrogens is 496 g/mol. The number of hydrogen-bond acceptors (Lipinski definition) is 4. The SMILES string of the molecule is O=C(COc1c(Br)cc(Br)cc1Br)N/N=C\c1ccc(O)cc1. The van der Waals surface area contributed by atoms with E-state index in [2.05, 4.69) is 58.3 Å². The summed E-state index contributed by atoms with van der Waals surface area (Å²) in [7, 11) is 0. The third-order valence-corrected chi connectivity index (χ3v) is 4.24. The lowest BCUT2D eigenvalue weighted by molar-refractivity contribution is -0.123. The van der Waals surface area contributed by atoms with Crippen molar-refractivity contribution < 1.29 is 14.6 Å². The molecule has 0 saturated carbocycles. The molecule has 0 bridgehead atoms. The van der Waals surface area contributed by atoms with Gasteiger partial charge in [-0.2, -0.15) is 5.10 Å². The summed E-state index contributed by atoms with van der Waals surface area (Å²) in [6.45, 7) is -0.175. The number of phenolic OH excluding ortho intramolecular Hbond substituents is 1. The Morgan fingerprint density at radius 1 is 1.17 bits per heavy atom. The minimum absolute atomic E-state index is 0.172. The lowest BCUT2D eigenvalue weighted by Crippen LogP contribution is -2.24. The second kappa shape index (κ2) is 8.47. The average molecular weight is 507 g/mol. The predicted molar refractivity (Wildman–Crippen MR) is 98.9 cm³/mol. The zero-order chi connectivity index (χ0) is 16.8. The molecule has 0 heterocycles. The molecule has 8 heteroatoms. The smallest absolute Gasteiger partial charge is 0.277 e. The number of carbonyl (C=O) groups excluding carboxylic acids is 1. The van der Waals surface area contributed by atoms with Crippen molar-refractivity contribution in [2.75, 3.05) is 6.61 Å². The van der Waals surface area contributed by atoms with E-state index in [1.165, 1.54) is 18.3 Å². The van der Waals surface area contributed by atoms with Crippen LogP contribution in [0.2, 0.25) is 0 Å². The summed E-state index contributed by atoms with van der Waals surface area (Å²) in [6.07, 6.45) is 1.48. The van der Waals surface area contributed by atoms with E-state index < -0.39 is 0 Å². The second-order valence-electron chi connectivity index (χ2n) is 4.37. The van der Waals surface area contributed by atoms with Gasteiger partial charge in [0.1, 0.15) is 11.5 Å². The molecule has 1 amide bonds. The van der Waals surface area contributed by atoms with Crippen LogP contribution in [0.4, 0.5) is 0 Å². The maximum Gasteiger partial charge on any atom is 0.277 e. The largest absolute Gasteiger partial charge is 0.508 e. The van der Waals surface area contributed by atoms with Crippen LogP contribution in [0.1, 0.15) is 5.56 Å². The second-order valence-corrected chi connectivity index (χ2v) is 7.00. The molecule has 2 rings (SSSR count). The van der Waals surface area contributed by atoms with Gasteiger partial charge in [0.05, 0.1) is 15.2 Å². The fourth-order valence-electron chi connectivity index (χ4n) is 1.58. The topological polar surface area (TPSA) is 70.9 Å². The van der Waals surface area contributed by atoms with E-state index in [0.717, 1.165) is 19.0 Å². The molecule has 2 aromatic carbocycles. The van der Waals surface area contributed by atoms with E-state index in [0.29, 0.717) is 5.75 Å². The number of ether oxygens (including phenoxy) is 1. The Bertz CT molecular complexity index is 710. The first-order valence-corrected chi connectivity index (χ1v) is 8.72. The number of nitrogens with zero attached hydrogens (tertiary/aromatic N) is 1. The summed E-state index contributed by atoms with van der Waals surface area (Å²) in [5.74, 6) is 0.317. The van der Waals surface area contributed by atoms with E-state index in [1.54, 1.807) is 12.1 Å². The van der Waals surface area contributed by atoms with Gasteiger partial charge >= 0.3 is 0 Å². The molecule has 0 aliphatic carbocycles. The van der Waals surface area contributed by atoms with Gasteiger partial charge in [-0.05, 0) is 73.8 Å². The van der Waals surface area contributed by atoms with Crippen LogP contribution in [0.5, 0.6) is 11.5 Å². The van der Waals surface area contributed by atoms with E-state index in [4.69, 9.17) is 9.84 Å². The van der Waals surface area contributed by atoms with Gasteiger partial charge in [-0.1, -0.05) is 15.9 Å². The van der Waals surface area contributed by atoms with Gasteiger partial charge in [0.25, 0.3) is 5.91 Å². The monoisotopic (exact) mass is 504 g/mol. The van der Waals surface area contributed by atoms with Crippen LogP contribution in [0.15, 0.2) is 54.9 Å². The molecule has 0 aromatic heterocycles. The molecule has 0 atom stereocenters. The van der Waals surface area contributed by atoms with Gasteiger partial charge in [0.2, 0.25) is 0 Å². The molecule has 0 radical (unpaired) electrons. The number of nitrogens with one attached hydrogen (secondary N) is 1. The number of hydrazone groups is 1. The summed E-state index contributed by atoms with van der Waals surface area (Å²) in [4.78, 5) is 11.7. The molecule has 2 aromatic rings. The van der Waals surface area contributed by atoms with Crippen LogP contribution >= 0.6 is 47.8 Å². The summed E-state index contributed by atoms with van der Waals surface area (Å²) < 4.78 is 7.79. The number of hydrogen-bond donors (Lipinski definition) is 2. The molecule has 120 valence electrons. The average Bonchev–Trinajstić information content (AvgIpc) is 2.48. The van der Waals surface area contributed by atoms with Gasteiger partial charge < -0.3 is 9.84 Å². The quantitative estimate of drug-likeness (QED) is 0.471. The summed E-state index contributed by atoms with van der Waals surface area (Å²) in [6, 6.07) is 10.1. The third-order valence-electron chi connectivity index (χ3n) is 2.61. The van der Waals surface area contributed by atoms with Crippen molar-refractivity contribution in [2.24, 2.45) is 5.10 Å². The van der Waals surface area contributed by atoms with Crippen LogP contribution in [-0.4, -0.2) is 23.8 Å². The highest BCUT2D eigenvalue weighted by Crippen LogP contribution is 2.36. The van der Waals surface area contributed by atoms with Crippen molar-refractivity contribution in [1.82, 2.24) is 5.43 Å². The van der Waals surface area contributed by atoms with Gasteiger partial charge in [0.15, 0.2) is 6.61 Å². The number of halogens is 3. The van der Waals surface area contributed by atoms with Crippen molar-refractivity contribution >= 4 is 59.9 Å². The van der Waals surface area contributed by atoms with Gasteiger partial charge in [-0.3, -0.25) is 4.79 Å². The summed E-state index contributed by atoms with van der Waals surface area (Å²) in [5, 5.41) is 13.0. The first kappa shape index (κ1) is 18.0. The molecule has 0 saturated heterocycles. The van der Waals surface area contributed by atoms with Crippen LogP contribution in [0, 0.1) is 0 Å². The van der Waals surface area contributed by atoms with E-state index >= 15 is 0 Å². The Balaban J connectivity index is 1.87. The third kappa shape index (κ3) is 5.63. The fourth-order valence-corrected chi connectivity index (χ4v) is 4.06. The van der Waals surface area contributed by atoms with Crippen molar-refractivity contribution in [3.63, 3.8) is 0 Å². The van der Waals surface area contributed by atoms with Crippen LogP contribution in [0.25, 0.3) is 0 Å². The first-order valence-electron chi connectivity index (χ1n) is 6.34. The van der Waals surface area contributed by atoms with Crippen molar-refractivity contribution in [2.45, 2.75) is 0 Å². The maximum atomic E-state index is 11.7.